The molecule has 0 bridgehead atoms. The van der Waals surface area contributed by atoms with Gasteiger partial charge in [0.1, 0.15) is 5.75 Å². The topological polar surface area (TPSA) is 52.9 Å². The summed E-state index contributed by atoms with van der Waals surface area (Å²) in [7, 11) is 0. The van der Waals surface area contributed by atoms with Gasteiger partial charge in [0, 0.05) is 17.2 Å². The predicted octanol–water partition coefficient (Wildman–Crippen LogP) is 8.49. The molecule has 4 nitrogen and oxygen atoms in total. The fourth-order valence-corrected chi connectivity index (χ4v) is 6.33. The predicted molar refractivity (Wildman–Crippen MR) is 158 cm³/mol. The number of benzene rings is 2. The molecule has 1 N–H and O–H groups in total. The Morgan fingerprint density at radius 1 is 1.00 bits per heavy atom. The van der Waals surface area contributed by atoms with Gasteiger partial charge in [-0.2, -0.15) is 0 Å². The smallest absolute Gasteiger partial charge is 0.267 e. The van der Waals surface area contributed by atoms with Gasteiger partial charge in [0.05, 0.1) is 10.6 Å². The maximum Gasteiger partial charge on any atom is 0.267 e. The van der Waals surface area contributed by atoms with Crippen LogP contribution in [0.4, 0.5) is 5.69 Å². The van der Waals surface area contributed by atoms with Gasteiger partial charge in [-0.25, -0.2) is 4.99 Å². The molecule has 0 atom stereocenters. The van der Waals surface area contributed by atoms with E-state index < -0.39 is 0 Å². The number of hydrogen-bond donors (Lipinski definition) is 1. The second kappa shape index (κ2) is 10.7. The molecule has 1 aliphatic heterocycles. The lowest BCUT2D eigenvalue weighted by Crippen LogP contribution is -2.40. The van der Waals surface area contributed by atoms with Gasteiger partial charge in [-0.05, 0) is 77.3 Å². The third kappa shape index (κ3) is 5.98. The Hall–Kier alpha value is -2.53. The normalized spacial score (nSPS) is 19.9. The van der Waals surface area contributed by atoms with E-state index in [1.807, 2.05) is 41.3 Å². The first-order chi connectivity index (χ1) is 17.4. The first-order valence-electron chi connectivity index (χ1n) is 13.7. The summed E-state index contributed by atoms with van der Waals surface area (Å²) >= 11 is 1.49. The lowest BCUT2D eigenvalue weighted by Gasteiger charge is -2.30. The number of hydrogen-bond acceptors (Lipinski definition) is 4. The van der Waals surface area contributed by atoms with Crippen LogP contribution >= 0.6 is 11.8 Å². The molecule has 37 heavy (non-hydrogen) atoms. The van der Waals surface area contributed by atoms with Gasteiger partial charge in [0.2, 0.25) is 0 Å². The summed E-state index contributed by atoms with van der Waals surface area (Å²) < 4.78 is 0. The average Bonchev–Trinajstić information content (AvgIpc) is 3.13. The van der Waals surface area contributed by atoms with Crippen molar-refractivity contribution in [2.24, 2.45) is 4.99 Å². The number of thioether (sulfide) groups is 1. The van der Waals surface area contributed by atoms with Crippen molar-refractivity contribution in [1.82, 2.24) is 4.90 Å². The zero-order valence-electron chi connectivity index (χ0n) is 23.5. The molecule has 0 spiro atoms. The van der Waals surface area contributed by atoms with Gasteiger partial charge in [0.15, 0.2) is 5.17 Å². The second-order valence-electron chi connectivity index (χ2n) is 12.4. The monoisotopic (exact) mass is 518 g/mol. The molecular formula is C32H42N2O2S. The molecule has 1 saturated heterocycles. The van der Waals surface area contributed by atoms with Crippen LogP contribution < -0.4 is 0 Å². The molecule has 0 unspecified atom stereocenters. The lowest BCUT2D eigenvalue weighted by atomic mass is 9.78. The van der Waals surface area contributed by atoms with Crippen LogP contribution in [0.1, 0.15) is 103 Å². The van der Waals surface area contributed by atoms with Gasteiger partial charge in [0.25, 0.3) is 5.91 Å². The zero-order valence-corrected chi connectivity index (χ0v) is 24.3. The Kier molecular flexibility index (Phi) is 7.94. The molecule has 0 radical (unpaired) electrons. The zero-order chi connectivity index (χ0) is 27.0. The number of aliphatic imine (C=N–C) groups is 1. The van der Waals surface area contributed by atoms with Gasteiger partial charge in [-0.1, -0.05) is 85.9 Å². The van der Waals surface area contributed by atoms with E-state index in [0.717, 1.165) is 59.6 Å². The van der Waals surface area contributed by atoms with Crippen LogP contribution in [0.25, 0.3) is 6.08 Å². The third-order valence-electron chi connectivity index (χ3n) is 7.41. The fourth-order valence-electron chi connectivity index (χ4n) is 5.28. The Morgan fingerprint density at radius 2 is 1.59 bits per heavy atom. The van der Waals surface area contributed by atoms with Crippen molar-refractivity contribution in [1.29, 1.82) is 0 Å². The van der Waals surface area contributed by atoms with E-state index >= 15 is 0 Å². The van der Waals surface area contributed by atoms with E-state index in [4.69, 9.17) is 4.99 Å². The van der Waals surface area contributed by atoms with Crippen LogP contribution in [0.15, 0.2) is 46.3 Å². The number of amidine groups is 1. The Morgan fingerprint density at radius 3 is 2.16 bits per heavy atom. The molecule has 2 aromatic rings. The minimum Gasteiger partial charge on any atom is -0.507 e. The molecule has 0 aromatic heterocycles. The molecule has 1 heterocycles. The molecular weight excluding hydrogens is 476 g/mol. The highest BCUT2D eigenvalue weighted by Gasteiger charge is 2.39. The molecule has 5 heteroatoms. The van der Waals surface area contributed by atoms with Crippen molar-refractivity contribution in [3.8, 4) is 5.75 Å². The number of carbonyl (C=O) groups excluding carboxylic acids is 1. The molecule has 2 fully saturated rings. The second-order valence-corrected chi connectivity index (χ2v) is 13.4. The number of para-hydroxylation sites is 1. The Bertz CT molecular complexity index is 1190. The van der Waals surface area contributed by atoms with Crippen LogP contribution in [-0.4, -0.2) is 27.1 Å². The van der Waals surface area contributed by atoms with E-state index in [1.54, 1.807) is 0 Å². The van der Waals surface area contributed by atoms with Gasteiger partial charge >= 0.3 is 0 Å². The van der Waals surface area contributed by atoms with Crippen molar-refractivity contribution in [3.63, 3.8) is 0 Å². The summed E-state index contributed by atoms with van der Waals surface area (Å²) in [5.74, 6) is 0.405. The van der Waals surface area contributed by atoms with Crippen molar-refractivity contribution >= 4 is 34.6 Å². The van der Waals surface area contributed by atoms with Crippen LogP contribution in [0, 0.1) is 0 Å². The van der Waals surface area contributed by atoms with Crippen molar-refractivity contribution < 1.29 is 9.90 Å². The standard InChI is InChI=1S/C32H42N2O2S/c1-8-22-14-12-13-17-26(22)33-30-34(23-15-10-9-11-16-23)29(36)27(37-30)20-21-18-24(31(2,3)4)28(35)25(19-21)32(5,6)7/h12-14,17-20,23,35H,8-11,15-16H2,1-7H3/b27-20+,33-30?. The minimum atomic E-state index is -0.226. The molecule has 1 amide bonds. The number of rotatable bonds is 4. The van der Waals surface area contributed by atoms with Crippen LogP contribution in [0.3, 0.4) is 0 Å². The summed E-state index contributed by atoms with van der Waals surface area (Å²) in [6.07, 6.45) is 8.48. The van der Waals surface area contributed by atoms with E-state index in [2.05, 4.69) is 54.5 Å². The molecule has 2 aromatic carbocycles. The number of nitrogens with zero attached hydrogens (tertiary/aromatic N) is 2. The fraction of sp³-hybridized carbons (Fsp3) is 0.500. The summed E-state index contributed by atoms with van der Waals surface area (Å²) in [5, 5.41) is 11.9. The number of aryl methyl sites for hydroxylation is 1. The minimum absolute atomic E-state index is 0.0484. The highest BCUT2D eigenvalue weighted by atomic mass is 32.2. The van der Waals surface area contributed by atoms with Gasteiger partial charge < -0.3 is 5.11 Å². The lowest BCUT2D eigenvalue weighted by molar-refractivity contribution is -0.124. The van der Waals surface area contributed by atoms with E-state index in [1.165, 1.54) is 23.7 Å². The van der Waals surface area contributed by atoms with Crippen LogP contribution in [0.2, 0.25) is 0 Å². The maximum atomic E-state index is 13.9. The highest BCUT2D eigenvalue weighted by molar-refractivity contribution is 8.18. The summed E-state index contributed by atoms with van der Waals surface area (Å²) in [6, 6.07) is 12.5. The Balaban J connectivity index is 1.82. The molecule has 1 saturated carbocycles. The first kappa shape index (κ1) is 27.5. The van der Waals surface area contributed by atoms with E-state index in [9.17, 15) is 9.90 Å². The first-order valence-corrected chi connectivity index (χ1v) is 14.5. The third-order valence-corrected chi connectivity index (χ3v) is 8.39. The van der Waals surface area contributed by atoms with Gasteiger partial charge in [-0.15, -0.1) is 0 Å². The number of phenolic OH excluding ortho intramolecular Hbond substituents is 1. The molecule has 2 aliphatic rings. The number of carbonyl (C=O) groups is 1. The number of amides is 1. The van der Waals surface area contributed by atoms with Crippen LogP contribution in [-0.2, 0) is 22.0 Å². The number of aromatic hydroxyl groups is 1. The van der Waals surface area contributed by atoms with E-state index in [-0.39, 0.29) is 22.8 Å². The SMILES string of the molecule is CCc1ccccc1N=C1S/C(=C/c2cc(C(C)(C)C)c(O)c(C(C)(C)C)c2)C(=O)N1C1CCCCC1. The largest absolute Gasteiger partial charge is 0.507 e. The maximum absolute atomic E-state index is 13.9. The van der Waals surface area contributed by atoms with Crippen LogP contribution in [0.5, 0.6) is 5.75 Å². The average molecular weight is 519 g/mol. The summed E-state index contributed by atoms with van der Waals surface area (Å²) in [5.41, 5.74) is 4.42. The molecule has 1 aliphatic carbocycles. The number of phenols is 1. The highest BCUT2D eigenvalue weighted by Crippen LogP contribution is 2.42. The molecule has 198 valence electrons. The summed E-state index contributed by atoms with van der Waals surface area (Å²) in [4.78, 5) is 21.6. The van der Waals surface area contributed by atoms with Gasteiger partial charge in [-0.3, -0.25) is 9.69 Å². The quantitative estimate of drug-likeness (QED) is 0.413. The molecule has 4 rings (SSSR count). The van der Waals surface area contributed by atoms with Crippen molar-refractivity contribution in [2.45, 2.75) is 104 Å². The van der Waals surface area contributed by atoms with Crippen molar-refractivity contribution in [2.75, 3.05) is 0 Å². The van der Waals surface area contributed by atoms with E-state index in [0.29, 0.717) is 10.7 Å². The summed E-state index contributed by atoms with van der Waals surface area (Å²) in [6.45, 7) is 14.8. The Labute approximate surface area is 227 Å². The van der Waals surface area contributed by atoms with Crippen molar-refractivity contribution in [3.05, 3.63) is 63.6 Å².